The molecule has 2 aromatic heterocycles. The number of ether oxygens (including phenoxy) is 1. The molecule has 2 fully saturated rings. The average molecular weight is 465 g/mol. The lowest BCUT2D eigenvalue weighted by Crippen LogP contribution is -2.56. The van der Waals surface area contributed by atoms with E-state index >= 15 is 0 Å². The van der Waals surface area contributed by atoms with E-state index in [0.717, 1.165) is 25.2 Å². The predicted octanol–water partition coefficient (Wildman–Crippen LogP) is 3.33. The van der Waals surface area contributed by atoms with Crippen molar-refractivity contribution in [1.29, 1.82) is 0 Å². The smallest absolute Gasteiger partial charge is 0.378 e. The van der Waals surface area contributed by atoms with Crippen LogP contribution in [-0.2, 0) is 10.9 Å². The largest absolute Gasteiger partial charge is 0.416 e. The molecule has 1 aromatic carbocycles. The number of rotatable bonds is 5. The van der Waals surface area contributed by atoms with E-state index in [1.54, 1.807) is 6.07 Å². The van der Waals surface area contributed by atoms with Crippen LogP contribution in [0.3, 0.4) is 0 Å². The number of piperazine rings is 1. The summed E-state index contributed by atoms with van der Waals surface area (Å²) in [6.45, 7) is 3.99. The van der Waals surface area contributed by atoms with Crippen molar-refractivity contribution in [1.82, 2.24) is 24.6 Å². The van der Waals surface area contributed by atoms with E-state index < -0.39 is 17.6 Å². The minimum absolute atomic E-state index is 0. The van der Waals surface area contributed by atoms with Gasteiger partial charge in [0.25, 0.3) is 0 Å². The van der Waals surface area contributed by atoms with Crippen molar-refractivity contribution >= 4 is 17.6 Å². The van der Waals surface area contributed by atoms with Gasteiger partial charge in [0.15, 0.2) is 0 Å². The van der Waals surface area contributed by atoms with Gasteiger partial charge in [0.05, 0.1) is 30.5 Å². The summed E-state index contributed by atoms with van der Waals surface area (Å²) in [7, 11) is 0. The van der Waals surface area contributed by atoms with Crippen LogP contribution in [0.25, 0.3) is 5.69 Å². The fourth-order valence-electron chi connectivity index (χ4n) is 3.83. The Hall–Kier alpha value is -3.25. The van der Waals surface area contributed by atoms with Crippen molar-refractivity contribution in [2.45, 2.75) is 12.2 Å². The Morgan fingerprint density at radius 1 is 1.06 bits per heavy atom. The Kier molecular flexibility index (Phi) is 5.62. The van der Waals surface area contributed by atoms with E-state index in [9.17, 15) is 17.6 Å². The van der Waals surface area contributed by atoms with Crippen molar-refractivity contribution < 1.29 is 23.7 Å². The summed E-state index contributed by atoms with van der Waals surface area (Å²) in [5.74, 6) is -0.175. The molecule has 0 amide bonds. The first-order valence-corrected chi connectivity index (χ1v) is 10.5. The molecule has 0 spiro atoms. The SMILES string of the molecule is Fc1cccc(-n2cnc(Nc3cc(C(F)(F)F)cc(N4CCN(C5COC5)CC4)n3)n2)c1.[HH]. The molecule has 8 nitrogen and oxygen atoms in total. The lowest BCUT2D eigenvalue weighted by molar-refractivity contribution is -0.137. The second-order valence-corrected chi connectivity index (χ2v) is 7.93. The van der Waals surface area contributed by atoms with Gasteiger partial charge in [0, 0.05) is 27.6 Å². The first-order valence-electron chi connectivity index (χ1n) is 10.5. The van der Waals surface area contributed by atoms with Gasteiger partial charge in [0.2, 0.25) is 5.95 Å². The number of benzene rings is 1. The molecular weight excluding hydrogens is 442 g/mol. The van der Waals surface area contributed by atoms with Gasteiger partial charge < -0.3 is 15.0 Å². The highest BCUT2D eigenvalue weighted by Crippen LogP contribution is 2.33. The van der Waals surface area contributed by atoms with Crippen LogP contribution in [0.2, 0.25) is 0 Å². The molecule has 2 aliphatic heterocycles. The quantitative estimate of drug-likeness (QED) is 0.580. The van der Waals surface area contributed by atoms with Crippen molar-refractivity contribution in [2.75, 3.05) is 49.6 Å². The second kappa shape index (κ2) is 8.60. The van der Waals surface area contributed by atoms with Gasteiger partial charge in [-0.25, -0.2) is 14.1 Å². The summed E-state index contributed by atoms with van der Waals surface area (Å²) >= 11 is 0. The van der Waals surface area contributed by atoms with E-state index in [1.165, 1.54) is 29.2 Å². The van der Waals surface area contributed by atoms with Crippen LogP contribution in [0.5, 0.6) is 0 Å². The second-order valence-electron chi connectivity index (χ2n) is 7.93. The third kappa shape index (κ3) is 4.76. The van der Waals surface area contributed by atoms with Crippen LogP contribution in [-0.4, -0.2) is 70.1 Å². The van der Waals surface area contributed by atoms with Gasteiger partial charge in [-0.2, -0.15) is 18.2 Å². The number of hydrogen-bond donors (Lipinski definition) is 1. The number of hydrogen-bond acceptors (Lipinski definition) is 7. The van der Waals surface area contributed by atoms with Crippen LogP contribution in [0.15, 0.2) is 42.7 Å². The minimum atomic E-state index is -4.53. The summed E-state index contributed by atoms with van der Waals surface area (Å²) < 4.78 is 60.7. The van der Waals surface area contributed by atoms with Crippen molar-refractivity contribution in [3.05, 3.63) is 54.1 Å². The number of aromatic nitrogens is 4. The Balaban J connectivity index is 0.00000274. The molecule has 1 N–H and O–H groups in total. The van der Waals surface area contributed by atoms with Crippen molar-refractivity contribution in [3.63, 3.8) is 0 Å². The Morgan fingerprint density at radius 3 is 2.52 bits per heavy atom. The molecular formula is C21H23F4N7O. The molecule has 4 heterocycles. The molecule has 12 heteroatoms. The monoisotopic (exact) mass is 465 g/mol. The molecule has 0 atom stereocenters. The molecule has 2 aliphatic rings. The van der Waals surface area contributed by atoms with Gasteiger partial charge in [-0.1, -0.05) is 6.07 Å². The first-order chi connectivity index (χ1) is 15.8. The minimum Gasteiger partial charge on any atom is -0.378 e. The summed E-state index contributed by atoms with van der Waals surface area (Å²) in [5.41, 5.74) is -0.377. The average Bonchev–Trinajstić information content (AvgIpc) is 3.21. The van der Waals surface area contributed by atoms with Crippen LogP contribution in [0, 0.1) is 5.82 Å². The summed E-state index contributed by atoms with van der Waals surface area (Å²) in [6, 6.07) is 8.11. The molecule has 0 bridgehead atoms. The highest BCUT2D eigenvalue weighted by atomic mass is 19.4. The van der Waals surface area contributed by atoms with Gasteiger partial charge in [-0.05, 0) is 30.3 Å². The standard InChI is InChI=1S/C21H21F4N7O.H2/c22-15-2-1-3-16(10-15)32-13-26-20(29-32)28-18-8-14(21(23,24)25)9-19(27-18)31-6-4-30(5-7-31)17-11-33-12-17;/h1-3,8-10,13,17H,4-7,11-12H2,(H,27,28,29);1H. The maximum Gasteiger partial charge on any atom is 0.416 e. The normalized spacial score (nSPS) is 17.8. The molecule has 2 saturated heterocycles. The topological polar surface area (TPSA) is 71.3 Å². The van der Waals surface area contributed by atoms with Crippen LogP contribution in [0.1, 0.15) is 6.99 Å². The molecule has 0 saturated carbocycles. The first kappa shape index (κ1) is 21.6. The molecule has 0 aliphatic carbocycles. The van der Waals surface area contributed by atoms with Gasteiger partial charge in [-0.3, -0.25) is 4.90 Å². The maximum atomic E-state index is 13.6. The van der Waals surface area contributed by atoms with Crippen LogP contribution in [0.4, 0.5) is 35.1 Å². The summed E-state index contributed by atoms with van der Waals surface area (Å²) in [5, 5.41) is 6.91. The highest BCUT2D eigenvalue weighted by molar-refractivity contribution is 5.56. The van der Waals surface area contributed by atoms with Crippen molar-refractivity contribution in [2.24, 2.45) is 0 Å². The third-order valence-electron chi connectivity index (χ3n) is 5.72. The Bertz CT molecular complexity index is 1130. The number of halogens is 4. The molecule has 0 radical (unpaired) electrons. The Labute approximate surface area is 188 Å². The van der Waals surface area contributed by atoms with E-state index in [4.69, 9.17) is 4.74 Å². The third-order valence-corrected chi connectivity index (χ3v) is 5.72. The van der Waals surface area contributed by atoms with E-state index in [0.29, 0.717) is 38.0 Å². The summed E-state index contributed by atoms with van der Waals surface area (Å²) in [6.07, 6.45) is -3.19. The molecule has 0 unspecified atom stereocenters. The van der Waals surface area contributed by atoms with E-state index in [2.05, 4.69) is 25.3 Å². The fourth-order valence-corrected chi connectivity index (χ4v) is 3.83. The van der Waals surface area contributed by atoms with Gasteiger partial charge in [-0.15, -0.1) is 5.10 Å². The van der Waals surface area contributed by atoms with E-state index in [1.807, 2.05) is 4.90 Å². The van der Waals surface area contributed by atoms with Gasteiger partial charge >= 0.3 is 6.18 Å². The van der Waals surface area contributed by atoms with Crippen molar-refractivity contribution in [3.8, 4) is 5.69 Å². The van der Waals surface area contributed by atoms with E-state index in [-0.39, 0.29) is 19.0 Å². The maximum absolute atomic E-state index is 13.6. The zero-order chi connectivity index (χ0) is 23.0. The molecule has 33 heavy (non-hydrogen) atoms. The zero-order valence-electron chi connectivity index (χ0n) is 17.5. The lowest BCUT2D eigenvalue weighted by Gasteiger charge is -2.43. The highest BCUT2D eigenvalue weighted by Gasteiger charge is 2.34. The number of alkyl halides is 3. The predicted molar refractivity (Wildman–Crippen MR) is 114 cm³/mol. The number of anilines is 3. The number of pyridine rings is 1. The molecule has 176 valence electrons. The summed E-state index contributed by atoms with van der Waals surface area (Å²) in [4.78, 5) is 12.6. The number of nitrogens with zero attached hydrogens (tertiary/aromatic N) is 6. The van der Waals surface area contributed by atoms with Gasteiger partial charge in [0.1, 0.15) is 23.8 Å². The molecule has 5 rings (SSSR count). The number of nitrogens with one attached hydrogen (secondary N) is 1. The zero-order valence-corrected chi connectivity index (χ0v) is 17.5. The Morgan fingerprint density at radius 2 is 1.85 bits per heavy atom. The molecule has 3 aromatic rings. The lowest BCUT2D eigenvalue weighted by atomic mass is 10.1. The van der Waals surface area contributed by atoms with Crippen LogP contribution >= 0.6 is 0 Å². The van der Waals surface area contributed by atoms with Crippen LogP contribution < -0.4 is 10.2 Å². The fraction of sp³-hybridized carbons (Fsp3) is 0.381.